The summed E-state index contributed by atoms with van der Waals surface area (Å²) in [4.78, 5) is 0. The van der Waals surface area contributed by atoms with Crippen molar-refractivity contribution in [3.8, 4) is 0 Å². The summed E-state index contributed by atoms with van der Waals surface area (Å²) in [6.45, 7) is 3.01. The van der Waals surface area contributed by atoms with Crippen molar-refractivity contribution in [1.29, 1.82) is 0 Å². The summed E-state index contributed by atoms with van der Waals surface area (Å²) in [5.74, 6) is 1.13. The first kappa shape index (κ1) is 5.85. The van der Waals surface area contributed by atoms with Crippen LogP contribution in [-0.4, -0.2) is 16.3 Å². The lowest BCUT2D eigenvalue weighted by molar-refractivity contribution is -0.708. The van der Waals surface area contributed by atoms with Crippen molar-refractivity contribution in [2.45, 2.75) is 13.1 Å². The Hall–Kier alpha value is -0.900. The third kappa shape index (κ3) is 0.806. The maximum atomic E-state index is 4.27. The van der Waals surface area contributed by atoms with Crippen molar-refractivity contribution in [2.24, 2.45) is 7.05 Å². The molecule has 1 aliphatic heterocycles. The average Bonchev–Trinajstić information content (AvgIpc) is 2.27. The van der Waals surface area contributed by atoms with E-state index < -0.39 is 0 Å². The standard InChI is InChI=1S/C6H11N4/c1-9-5-10-3-2-7-4-6(10)8-9/h5,7H,2-4H2,1H3/q+1. The van der Waals surface area contributed by atoms with Gasteiger partial charge in [0.05, 0.1) is 20.1 Å². The summed E-state index contributed by atoms with van der Waals surface area (Å²) < 4.78 is 4.03. The van der Waals surface area contributed by atoms with Crippen LogP contribution in [0.1, 0.15) is 5.82 Å². The average molecular weight is 139 g/mol. The van der Waals surface area contributed by atoms with E-state index in [9.17, 15) is 0 Å². The Balaban J connectivity index is 2.41. The third-order valence-corrected chi connectivity index (χ3v) is 1.72. The van der Waals surface area contributed by atoms with Crippen LogP contribution in [0.4, 0.5) is 0 Å². The van der Waals surface area contributed by atoms with Gasteiger partial charge in [-0.05, 0) is 0 Å². The zero-order valence-corrected chi connectivity index (χ0v) is 6.04. The van der Waals surface area contributed by atoms with Crippen LogP contribution < -0.4 is 9.88 Å². The minimum absolute atomic E-state index is 0.904. The van der Waals surface area contributed by atoms with Gasteiger partial charge < -0.3 is 5.32 Å². The van der Waals surface area contributed by atoms with Crippen molar-refractivity contribution in [2.75, 3.05) is 6.54 Å². The summed E-state index contributed by atoms with van der Waals surface area (Å²) >= 11 is 0. The zero-order chi connectivity index (χ0) is 6.97. The lowest BCUT2D eigenvalue weighted by Gasteiger charge is -2.06. The van der Waals surface area contributed by atoms with Crippen LogP contribution in [-0.2, 0) is 20.1 Å². The fourth-order valence-electron chi connectivity index (χ4n) is 1.26. The molecule has 0 saturated heterocycles. The zero-order valence-electron chi connectivity index (χ0n) is 6.04. The maximum absolute atomic E-state index is 4.27. The summed E-state index contributed by atoms with van der Waals surface area (Å²) in [6.07, 6.45) is 2.02. The fraction of sp³-hybridized carbons (Fsp3) is 0.667. The highest BCUT2D eigenvalue weighted by Gasteiger charge is 2.17. The Kier molecular flexibility index (Phi) is 1.20. The summed E-state index contributed by atoms with van der Waals surface area (Å²) in [5.41, 5.74) is 0. The molecule has 1 aromatic heterocycles. The van der Waals surface area contributed by atoms with Gasteiger partial charge in [0.15, 0.2) is 0 Å². The maximum Gasteiger partial charge on any atom is 0.291 e. The molecule has 54 valence electrons. The molecule has 0 amide bonds. The fourth-order valence-corrected chi connectivity index (χ4v) is 1.26. The molecule has 0 unspecified atom stereocenters. The second-order valence-corrected chi connectivity index (χ2v) is 2.58. The van der Waals surface area contributed by atoms with Gasteiger partial charge in [-0.3, -0.25) is 0 Å². The molecule has 0 spiro atoms. The largest absolute Gasteiger partial charge is 0.304 e. The lowest BCUT2D eigenvalue weighted by Crippen LogP contribution is -2.47. The van der Waals surface area contributed by atoms with Crippen LogP contribution in [0.2, 0.25) is 0 Å². The van der Waals surface area contributed by atoms with Crippen molar-refractivity contribution >= 4 is 0 Å². The molecule has 1 N–H and O–H groups in total. The van der Waals surface area contributed by atoms with Crippen LogP contribution >= 0.6 is 0 Å². The molecule has 0 aliphatic carbocycles. The molecule has 0 saturated carbocycles. The Morgan fingerprint density at radius 1 is 1.80 bits per heavy atom. The van der Waals surface area contributed by atoms with Gasteiger partial charge in [0, 0.05) is 11.6 Å². The van der Waals surface area contributed by atoms with Crippen LogP contribution in [0.5, 0.6) is 0 Å². The number of rotatable bonds is 0. The molecule has 2 rings (SSSR count). The first-order valence-electron chi connectivity index (χ1n) is 3.49. The van der Waals surface area contributed by atoms with Gasteiger partial charge >= 0.3 is 0 Å². The molecule has 1 aromatic rings. The van der Waals surface area contributed by atoms with Crippen molar-refractivity contribution < 1.29 is 4.57 Å². The molecule has 1 aliphatic rings. The van der Waals surface area contributed by atoms with Crippen molar-refractivity contribution in [3.05, 3.63) is 12.2 Å². The number of fused-ring (bicyclic) bond motifs is 1. The summed E-state index contributed by atoms with van der Waals surface area (Å²) in [5, 5.41) is 7.53. The molecule has 4 nitrogen and oxygen atoms in total. The van der Waals surface area contributed by atoms with Gasteiger partial charge in [0.2, 0.25) is 6.33 Å². The molecule has 10 heavy (non-hydrogen) atoms. The molecular formula is C6H11N4+. The Morgan fingerprint density at radius 2 is 2.70 bits per heavy atom. The van der Waals surface area contributed by atoms with Gasteiger partial charge in [-0.15, -0.1) is 4.68 Å². The van der Waals surface area contributed by atoms with Gasteiger partial charge in [0.25, 0.3) is 5.82 Å². The monoisotopic (exact) mass is 139 g/mol. The van der Waals surface area contributed by atoms with Crippen LogP contribution in [0, 0.1) is 0 Å². The molecule has 0 atom stereocenters. The Labute approximate surface area is 59.5 Å². The molecule has 0 radical (unpaired) electrons. The van der Waals surface area contributed by atoms with Crippen molar-refractivity contribution in [1.82, 2.24) is 15.1 Å². The van der Waals surface area contributed by atoms with E-state index in [1.165, 1.54) is 0 Å². The van der Waals surface area contributed by atoms with E-state index in [1.54, 1.807) is 0 Å². The van der Waals surface area contributed by atoms with E-state index in [2.05, 4.69) is 15.0 Å². The smallest absolute Gasteiger partial charge is 0.291 e. The first-order valence-corrected chi connectivity index (χ1v) is 3.49. The number of aromatic nitrogens is 3. The van der Waals surface area contributed by atoms with Gasteiger partial charge in [0.1, 0.15) is 0 Å². The second-order valence-electron chi connectivity index (χ2n) is 2.58. The Bertz CT molecular complexity index is 216. The highest BCUT2D eigenvalue weighted by Crippen LogP contribution is 1.89. The van der Waals surface area contributed by atoms with E-state index in [1.807, 2.05) is 18.1 Å². The SMILES string of the molecule is Cn1c[n+]2c(n1)CNCC2. The quantitative estimate of drug-likeness (QED) is 0.459. The Morgan fingerprint density at radius 3 is 3.50 bits per heavy atom. The molecule has 0 fully saturated rings. The number of nitrogens with zero attached hydrogens (tertiary/aromatic N) is 3. The predicted molar refractivity (Wildman–Crippen MR) is 35.1 cm³/mol. The van der Waals surface area contributed by atoms with Gasteiger partial charge in [-0.25, -0.2) is 4.57 Å². The minimum atomic E-state index is 0.904. The highest BCUT2D eigenvalue weighted by molar-refractivity contribution is 4.72. The molecule has 0 bridgehead atoms. The van der Waals surface area contributed by atoms with Crippen LogP contribution in [0.15, 0.2) is 6.33 Å². The summed E-state index contributed by atoms with van der Waals surface area (Å²) in [7, 11) is 1.95. The topological polar surface area (TPSA) is 33.7 Å². The van der Waals surface area contributed by atoms with Crippen molar-refractivity contribution in [3.63, 3.8) is 0 Å². The first-order chi connectivity index (χ1) is 4.86. The minimum Gasteiger partial charge on any atom is -0.304 e. The van der Waals surface area contributed by atoms with E-state index in [4.69, 9.17) is 0 Å². The lowest BCUT2D eigenvalue weighted by atomic mass is 10.4. The van der Waals surface area contributed by atoms with Gasteiger partial charge in [-0.2, -0.15) is 0 Å². The predicted octanol–water partition coefficient (Wildman–Crippen LogP) is -1.19. The number of hydrogen-bond donors (Lipinski definition) is 1. The normalized spacial score (nSPS) is 16.9. The molecular weight excluding hydrogens is 128 g/mol. The van der Waals surface area contributed by atoms with E-state index >= 15 is 0 Å². The van der Waals surface area contributed by atoms with E-state index in [0.29, 0.717) is 0 Å². The molecule has 2 heterocycles. The third-order valence-electron chi connectivity index (χ3n) is 1.72. The number of aryl methyl sites for hydroxylation is 1. The second kappa shape index (κ2) is 2.05. The van der Waals surface area contributed by atoms with Crippen LogP contribution in [0.3, 0.4) is 0 Å². The number of nitrogens with one attached hydrogen (secondary N) is 1. The van der Waals surface area contributed by atoms with E-state index in [-0.39, 0.29) is 0 Å². The van der Waals surface area contributed by atoms with E-state index in [0.717, 1.165) is 25.5 Å². The number of hydrogen-bond acceptors (Lipinski definition) is 2. The van der Waals surface area contributed by atoms with Crippen LogP contribution in [0.25, 0.3) is 0 Å². The highest BCUT2D eigenvalue weighted by atomic mass is 15.4. The summed E-state index contributed by atoms with van der Waals surface area (Å²) in [6, 6.07) is 0. The molecule has 4 heteroatoms. The van der Waals surface area contributed by atoms with Gasteiger partial charge in [-0.1, -0.05) is 0 Å². The molecule has 0 aromatic carbocycles.